The van der Waals surface area contributed by atoms with E-state index in [1.54, 1.807) is 12.1 Å². The molecule has 0 saturated carbocycles. The molecule has 3 aromatic rings. The Balaban J connectivity index is 1.30. The maximum absolute atomic E-state index is 13.2. The van der Waals surface area contributed by atoms with Crippen LogP contribution in [0.1, 0.15) is 24.1 Å². The molecule has 0 aliphatic carbocycles. The van der Waals surface area contributed by atoms with E-state index in [2.05, 4.69) is 44.1 Å². The second-order valence-corrected chi connectivity index (χ2v) is 7.77. The van der Waals surface area contributed by atoms with Crippen molar-refractivity contribution in [1.29, 1.82) is 0 Å². The second-order valence-electron chi connectivity index (χ2n) is 7.77. The Morgan fingerprint density at radius 3 is 3.07 bits per heavy atom. The van der Waals surface area contributed by atoms with Gasteiger partial charge in [0.1, 0.15) is 11.5 Å². The minimum absolute atomic E-state index is 0.301. The number of urea groups is 1. The molecule has 1 fully saturated rings. The minimum atomic E-state index is -0.367. The first-order chi connectivity index (χ1) is 14.1. The molecule has 0 unspecified atom stereocenters. The SMILES string of the molecule is Cc1ccc2ncc(CN3CCC[C@H](CNC(=O)Nc4cccc(F)c4)C3)n2c1. The van der Waals surface area contributed by atoms with Crippen LogP contribution in [0.4, 0.5) is 14.9 Å². The highest BCUT2D eigenvalue weighted by Gasteiger charge is 2.21. The molecule has 7 heteroatoms. The van der Waals surface area contributed by atoms with Gasteiger partial charge in [0.2, 0.25) is 0 Å². The monoisotopic (exact) mass is 395 g/mol. The van der Waals surface area contributed by atoms with Gasteiger partial charge in [0.15, 0.2) is 0 Å². The van der Waals surface area contributed by atoms with Gasteiger partial charge in [-0.1, -0.05) is 12.1 Å². The Morgan fingerprint density at radius 1 is 1.31 bits per heavy atom. The van der Waals surface area contributed by atoms with Crippen molar-refractivity contribution >= 4 is 17.4 Å². The normalized spacial score (nSPS) is 17.4. The minimum Gasteiger partial charge on any atom is -0.338 e. The average Bonchev–Trinajstić information content (AvgIpc) is 3.09. The van der Waals surface area contributed by atoms with Crippen molar-refractivity contribution in [2.24, 2.45) is 5.92 Å². The summed E-state index contributed by atoms with van der Waals surface area (Å²) in [4.78, 5) is 19.0. The highest BCUT2D eigenvalue weighted by Crippen LogP contribution is 2.19. The molecule has 29 heavy (non-hydrogen) atoms. The standard InChI is InChI=1S/C22H26FN5O/c1-16-7-8-21-24-12-20(28(21)13-16)15-27-9-3-4-17(14-27)11-25-22(29)26-19-6-2-5-18(23)10-19/h2,5-8,10,12-13,17H,3-4,9,11,14-15H2,1H3,(H2,25,26,29)/t17-/m1/s1. The van der Waals surface area contributed by atoms with Crippen LogP contribution in [0, 0.1) is 18.7 Å². The average molecular weight is 395 g/mol. The highest BCUT2D eigenvalue weighted by atomic mass is 19.1. The van der Waals surface area contributed by atoms with Crippen LogP contribution in [-0.2, 0) is 6.54 Å². The van der Waals surface area contributed by atoms with E-state index in [1.807, 2.05) is 12.3 Å². The fourth-order valence-electron chi connectivity index (χ4n) is 3.92. The quantitative estimate of drug-likeness (QED) is 0.691. The van der Waals surface area contributed by atoms with Crippen LogP contribution in [0.3, 0.4) is 0 Å². The molecule has 0 radical (unpaired) electrons. The van der Waals surface area contributed by atoms with E-state index in [4.69, 9.17) is 0 Å². The first-order valence-corrected chi connectivity index (χ1v) is 10.0. The number of aryl methyl sites for hydroxylation is 1. The zero-order valence-corrected chi connectivity index (χ0v) is 16.6. The van der Waals surface area contributed by atoms with Crippen molar-refractivity contribution in [2.45, 2.75) is 26.3 Å². The van der Waals surface area contributed by atoms with Gasteiger partial charge < -0.3 is 15.0 Å². The molecule has 6 nitrogen and oxygen atoms in total. The molecule has 2 aromatic heterocycles. The number of rotatable bonds is 5. The largest absolute Gasteiger partial charge is 0.338 e. The van der Waals surface area contributed by atoms with Crippen molar-refractivity contribution in [1.82, 2.24) is 19.6 Å². The number of hydrogen-bond donors (Lipinski definition) is 2. The summed E-state index contributed by atoms with van der Waals surface area (Å²) in [5.41, 5.74) is 3.81. The molecular formula is C22H26FN5O. The molecule has 1 atom stereocenters. The molecule has 1 saturated heterocycles. The van der Waals surface area contributed by atoms with Crippen molar-refractivity contribution in [2.75, 3.05) is 25.0 Å². The van der Waals surface area contributed by atoms with Crippen LogP contribution < -0.4 is 10.6 Å². The summed E-state index contributed by atoms with van der Waals surface area (Å²) in [5.74, 6) is 0.0243. The number of fused-ring (bicyclic) bond motifs is 1. The number of carbonyl (C=O) groups excluding carboxylic acids is 1. The number of likely N-dealkylation sites (tertiary alicyclic amines) is 1. The molecule has 0 spiro atoms. The van der Waals surface area contributed by atoms with Gasteiger partial charge in [0.25, 0.3) is 0 Å². The lowest BCUT2D eigenvalue weighted by Gasteiger charge is -2.32. The third-order valence-electron chi connectivity index (χ3n) is 5.35. The molecule has 1 aliphatic rings. The van der Waals surface area contributed by atoms with Gasteiger partial charge in [-0.05, 0) is 62.1 Å². The Bertz CT molecular complexity index is 1000. The summed E-state index contributed by atoms with van der Waals surface area (Å²) in [5, 5.41) is 5.60. The Morgan fingerprint density at radius 2 is 2.21 bits per heavy atom. The van der Waals surface area contributed by atoms with Crippen LogP contribution in [0.2, 0.25) is 0 Å². The fraction of sp³-hybridized carbons (Fsp3) is 0.364. The topological polar surface area (TPSA) is 61.7 Å². The highest BCUT2D eigenvalue weighted by molar-refractivity contribution is 5.89. The van der Waals surface area contributed by atoms with Gasteiger partial charge in [-0.15, -0.1) is 0 Å². The number of carbonyl (C=O) groups is 1. The lowest BCUT2D eigenvalue weighted by molar-refractivity contribution is 0.164. The number of anilines is 1. The number of benzene rings is 1. The number of imidazole rings is 1. The van der Waals surface area contributed by atoms with Crippen LogP contribution >= 0.6 is 0 Å². The molecule has 3 heterocycles. The van der Waals surface area contributed by atoms with Gasteiger partial charge in [-0.2, -0.15) is 0 Å². The van der Waals surface area contributed by atoms with Crippen molar-refractivity contribution < 1.29 is 9.18 Å². The number of aromatic nitrogens is 2. The Labute approximate surface area is 169 Å². The molecule has 4 rings (SSSR count). The molecular weight excluding hydrogens is 369 g/mol. The number of halogens is 1. The number of nitrogens with zero attached hydrogens (tertiary/aromatic N) is 3. The molecule has 2 amide bonds. The Kier molecular flexibility index (Phi) is 5.76. The third-order valence-corrected chi connectivity index (χ3v) is 5.35. The number of hydrogen-bond acceptors (Lipinski definition) is 3. The van der Waals surface area contributed by atoms with Gasteiger partial charge in [0.05, 0.1) is 11.9 Å². The van der Waals surface area contributed by atoms with Crippen LogP contribution in [-0.4, -0.2) is 39.9 Å². The summed E-state index contributed by atoms with van der Waals surface area (Å²) in [6.07, 6.45) is 6.26. The maximum Gasteiger partial charge on any atom is 0.319 e. The van der Waals surface area contributed by atoms with E-state index >= 15 is 0 Å². The zero-order chi connectivity index (χ0) is 20.2. The number of pyridine rings is 1. The van der Waals surface area contributed by atoms with Crippen LogP contribution in [0.15, 0.2) is 48.8 Å². The van der Waals surface area contributed by atoms with E-state index < -0.39 is 0 Å². The molecule has 152 valence electrons. The second kappa shape index (κ2) is 8.61. The summed E-state index contributed by atoms with van der Waals surface area (Å²) < 4.78 is 15.4. The molecule has 2 N–H and O–H groups in total. The predicted molar refractivity (Wildman–Crippen MR) is 111 cm³/mol. The molecule has 0 bridgehead atoms. The Hall–Kier alpha value is -2.93. The number of piperidine rings is 1. The van der Waals surface area contributed by atoms with E-state index in [9.17, 15) is 9.18 Å². The van der Waals surface area contributed by atoms with Gasteiger partial charge in [-0.3, -0.25) is 4.90 Å². The van der Waals surface area contributed by atoms with E-state index in [1.165, 1.54) is 23.4 Å². The summed E-state index contributed by atoms with van der Waals surface area (Å²) in [6.45, 7) is 5.51. The van der Waals surface area contributed by atoms with Crippen LogP contribution in [0.25, 0.3) is 5.65 Å². The lowest BCUT2D eigenvalue weighted by atomic mass is 9.98. The molecule has 1 aromatic carbocycles. The van der Waals surface area contributed by atoms with E-state index in [-0.39, 0.29) is 11.8 Å². The lowest BCUT2D eigenvalue weighted by Crippen LogP contribution is -2.41. The van der Waals surface area contributed by atoms with E-state index in [0.717, 1.165) is 38.1 Å². The predicted octanol–water partition coefficient (Wildman–Crippen LogP) is 3.82. The number of nitrogens with one attached hydrogen (secondary N) is 2. The number of amides is 2. The van der Waals surface area contributed by atoms with Crippen molar-refractivity contribution in [3.05, 3.63) is 65.9 Å². The summed E-state index contributed by atoms with van der Waals surface area (Å²) in [6, 6.07) is 9.71. The fourth-order valence-corrected chi connectivity index (χ4v) is 3.92. The van der Waals surface area contributed by atoms with E-state index in [0.29, 0.717) is 18.2 Å². The van der Waals surface area contributed by atoms with Crippen molar-refractivity contribution in [3.63, 3.8) is 0 Å². The first kappa shape index (κ1) is 19.4. The first-order valence-electron chi connectivity index (χ1n) is 10.0. The molecule has 1 aliphatic heterocycles. The summed E-state index contributed by atoms with van der Waals surface area (Å²) in [7, 11) is 0. The van der Waals surface area contributed by atoms with Gasteiger partial charge >= 0.3 is 6.03 Å². The van der Waals surface area contributed by atoms with Gasteiger partial charge in [0, 0.05) is 31.5 Å². The zero-order valence-electron chi connectivity index (χ0n) is 16.6. The third kappa shape index (κ3) is 4.92. The van der Waals surface area contributed by atoms with Crippen LogP contribution in [0.5, 0.6) is 0 Å². The smallest absolute Gasteiger partial charge is 0.319 e. The summed E-state index contributed by atoms with van der Waals surface area (Å²) >= 11 is 0. The van der Waals surface area contributed by atoms with Gasteiger partial charge in [-0.25, -0.2) is 14.2 Å². The maximum atomic E-state index is 13.2. The van der Waals surface area contributed by atoms with Crippen molar-refractivity contribution in [3.8, 4) is 0 Å².